The molecule has 0 aliphatic carbocycles. The molecule has 2 unspecified atom stereocenters. The van der Waals surface area contributed by atoms with Gasteiger partial charge in [0.2, 0.25) is 0 Å². The van der Waals surface area contributed by atoms with E-state index < -0.39 is 8.32 Å². The van der Waals surface area contributed by atoms with Crippen molar-refractivity contribution < 1.29 is 18.7 Å². The number of carbonyl (C=O) groups excluding carboxylic acids is 1. The fourth-order valence-corrected chi connectivity index (χ4v) is 3.37. The highest BCUT2D eigenvalue weighted by molar-refractivity contribution is 6.69. The minimum Gasteiger partial charge on any atom is -0.466 e. The monoisotopic (exact) mass is 274 g/mol. The van der Waals surface area contributed by atoms with E-state index in [1.54, 1.807) is 7.11 Å². The first-order valence-electron chi connectivity index (χ1n) is 6.53. The molecule has 0 radical (unpaired) electrons. The maximum Gasteiger partial charge on any atom is 0.306 e. The van der Waals surface area contributed by atoms with E-state index in [4.69, 9.17) is 13.9 Å². The Balaban J connectivity index is 2.77. The number of carbonyl (C=O) groups is 1. The molecule has 18 heavy (non-hydrogen) atoms. The van der Waals surface area contributed by atoms with Gasteiger partial charge in [0.05, 0.1) is 6.61 Å². The predicted octanol–water partition coefficient (Wildman–Crippen LogP) is 2.79. The van der Waals surface area contributed by atoms with Crippen LogP contribution in [0.3, 0.4) is 0 Å². The molecule has 0 aromatic rings. The summed E-state index contributed by atoms with van der Waals surface area (Å²) < 4.78 is 16.7. The lowest BCUT2D eigenvalue weighted by Gasteiger charge is -2.43. The number of ether oxygens (including phenoxy) is 2. The average molecular weight is 274 g/mol. The molecule has 0 amide bonds. The van der Waals surface area contributed by atoms with E-state index in [0.717, 1.165) is 6.42 Å². The third kappa shape index (κ3) is 4.07. The van der Waals surface area contributed by atoms with Crippen molar-refractivity contribution in [3.8, 4) is 0 Å². The molecule has 1 rings (SSSR count). The van der Waals surface area contributed by atoms with Gasteiger partial charge in [-0.25, -0.2) is 0 Å². The van der Waals surface area contributed by atoms with Crippen molar-refractivity contribution in [2.75, 3.05) is 13.7 Å². The lowest BCUT2D eigenvalue weighted by Crippen LogP contribution is -2.47. The first kappa shape index (κ1) is 15.7. The van der Waals surface area contributed by atoms with Crippen LogP contribution in [0, 0.1) is 11.3 Å². The van der Waals surface area contributed by atoms with Crippen molar-refractivity contribution in [2.24, 2.45) is 11.3 Å². The second kappa shape index (κ2) is 5.71. The Hall–Kier alpha value is -0.393. The normalized spacial score (nSPS) is 23.7. The third-order valence-electron chi connectivity index (χ3n) is 3.48. The van der Waals surface area contributed by atoms with E-state index in [-0.39, 0.29) is 23.6 Å². The van der Waals surface area contributed by atoms with Crippen molar-refractivity contribution in [2.45, 2.75) is 52.6 Å². The van der Waals surface area contributed by atoms with Crippen molar-refractivity contribution in [1.29, 1.82) is 0 Å². The molecule has 0 spiro atoms. The Labute approximate surface area is 111 Å². The van der Waals surface area contributed by atoms with Crippen LogP contribution in [0.2, 0.25) is 19.6 Å². The Morgan fingerprint density at radius 1 is 1.39 bits per heavy atom. The van der Waals surface area contributed by atoms with Gasteiger partial charge in [0.25, 0.3) is 0 Å². The SMILES string of the molecule is COC(O[Si](C)(C)C)C(C)(C)C1CCOC(=O)C1. The van der Waals surface area contributed by atoms with Gasteiger partial charge in [-0.05, 0) is 32.0 Å². The van der Waals surface area contributed by atoms with E-state index in [0.29, 0.717) is 13.0 Å². The molecular formula is C13H26O4Si. The largest absolute Gasteiger partial charge is 0.466 e. The fraction of sp³-hybridized carbons (Fsp3) is 0.923. The van der Waals surface area contributed by atoms with Crippen LogP contribution >= 0.6 is 0 Å². The van der Waals surface area contributed by atoms with E-state index >= 15 is 0 Å². The first-order chi connectivity index (χ1) is 8.16. The molecule has 0 bridgehead atoms. The summed E-state index contributed by atoms with van der Waals surface area (Å²) >= 11 is 0. The van der Waals surface area contributed by atoms with Gasteiger partial charge in [0.15, 0.2) is 14.6 Å². The van der Waals surface area contributed by atoms with Gasteiger partial charge >= 0.3 is 5.97 Å². The molecule has 106 valence electrons. The van der Waals surface area contributed by atoms with Gasteiger partial charge in [-0.3, -0.25) is 4.79 Å². The first-order valence-corrected chi connectivity index (χ1v) is 9.94. The van der Waals surface area contributed by atoms with Crippen molar-refractivity contribution in [1.82, 2.24) is 0 Å². The highest BCUT2D eigenvalue weighted by atomic mass is 28.4. The minimum atomic E-state index is -1.67. The van der Waals surface area contributed by atoms with Gasteiger partial charge in [-0.2, -0.15) is 0 Å². The molecule has 2 atom stereocenters. The summed E-state index contributed by atoms with van der Waals surface area (Å²) in [6, 6.07) is 0. The van der Waals surface area contributed by atoms with Crippen molar-refractivity contribution >= 4 is 14.3 Å². The minimum absolute atomic E-state index is 0.109. The summed E-state index contributed by atoms with van der Waals surface area (Å²) in [4.78, 5) is 11.4. The lowest BCUT2D eigenvalue weighted by molar-refractivity contribution is -0.173. The molecule has 1 saturated heterocycles. The number of hydrogen-bond acceptors (Lipinski definition) is 4. The number of hydrogen-bond donors (Lipinski definition) is 0. The van der Waals surface area contributed by atoms with E-state index in [1.165, 1.54) is 0 Å². The molecule has 1 aliphatic rings. The van der Waals surface area contributed by atoms with Gasteiger partial charge < -0.3 is 13.9 Å². The number of cyclic esters (lactones) is 1. The zero-order valence-electron chi connectivity index (χ0n) is 12.4. The summed E-state index contributed by atoms with van der Waals surface area (Å²) in [5.74, 6) is 0.141. The highest BCUT2D eigenvalue weighted by Crippen LogP contribution is 2.40. The van der Waals surface area contributed by atoms with Gasteiger partial charge in [-0.15, -0.1) is 0 Å². The Kier molecular flexibility index (Phi) is 4.97. The second-order valence-electron chi connectivity index (χ2n) is 6.53. The van der Waals surface area contributed by atoms with Crippen LogP contribution in [-0.2, 0) is 18.7 Å². The maximum absolute atomic E-state index is 11.4. The summed E-state index contributed by atoms with van der Waals surface area (Å²) in [6.45, 7) is 11.2. The van der Waals surface area contributed by atoms with E-state index in [2.05, 4.69) is 33.5 Å². The molecule has 1 fully saturated rings. The Morgan fingerprint density at radius 3 is 2.44 bits per heavy atom. The highest BCUT2D eigenvalue weighted by Gasteiger charge is 2.42. The molecule has 0 aromatic carbocycles. The summed E-state index contributed by atoms with van der Waals surface area (Å²) in [7, 11) is 0.00152. The van der Waals surface area contributed by atoms with E-state index in [1.807, 2.05) is 0 Å². The number of esters is 1. The van der Waals surface area contributed by atoms with Crippen LogP contribution in [-0.4, -0.2) is 34.3 Å². The van der Waals surface area contributed by atoms with Crippen LogP contribution in [0.4, 0.5) is 0 Å². The topological polar surface area (TPSA) is 44.8 Å². The van der Waals surface area contributed by atoms with E-state index in [9.17, 15) is 4.79 Å². The van der Waals surface area contributed by atoms with Crippen LogP contribution in [0.15, 0.2) is 0 Å². The Bertz CT molecular complexity index is 296. The predicted molar refractivity (Wildman–Crippen MR) is 72.7 cm³/mol. The smallest absolute Gasteiger partial charge is 0.306 e. The molecule has 0 aromatic heterocycles. The zero-order valence-corrected chi connectivity index (χ0v) is 13.4. The molecule has 1 heterocycles. The van der Waals surface area contributed by atoms with Gasteiger partial charge in [-0.1, -0.05) is 13.8 Å². The molecule has 1 aliphatic heterocycles. The average Bonchev–Trinajstić information content (AvgIpc) is 2.24. The number of rotatable bonds is 5. The maximum atomic E-state index is 11.4. The fourth-order valence-electron chi connectivity index (χ4n) is 2.33. The zero-order chi connectivity index (χ0) is 14.0. The van der Waals surface area contributed by atoms with Crippen LogP contribution in [0.25, 0.3) is 0 Å². The third-order valence-corrected chi connectivity index (χ3v) is 4.40. The van der Waals surface area contributed by atoms with Crippen LogP contribution < -0.4 is 0 Å². The quantitative estimate of drug-likeness (QED) is 0.439. The summed E-state index contributed by atoms with van der Waals surface area (Å²) in [5, 5.41) is 0. The molecule has 0 N–H and O–H groups in total. The molecule has 4 nitrogen and oxygen atoms in total. The second-order valence-corrected chi connectivity index (χ2v) is 11.0. The van der Waals surface area contributed by atoms with Crippen molar-refractivity contribution in [3.05, 3.63) is 0 Å². The van der Waals surface area contributed by atoms with Crippen LogP contribution in [0.1, 0.15) is 26.7 Å². The Morgan fingerprint density at radius 2 is 2.00 bits per heavy atom. The summed E-state index contributed by atoms with van der Waals surface area (Å²) in [6.07, 6.45) is 1.08. The lowest BCUT2D eigenvalue weighted by atomic mass is 9.74. The van der Waals surface area contributed by atoms with Crippen LogP contribution in [0.5, 0.6) is 0 Å². The van der Waals surface area contributed by atoms with Gasteiger partial charge in [0.1, 0.15) is 0 Å². The number of methoxy groups -OCH3 is 1. The van der Waals surface area contributed by atoms with Gasteiger partial charge in [0, 0.05) is 18.9 Å². The standard InChI is InChI=1S/C13H26O4Si/c1-13(2,10-7-8-16-11(14)9-10)12(15-3)17-18(4,5)6/h10,12H,7-9H2,1-6H3. The molecule has 0 saturated carbocycles. The van der Waals surface area contributed by atoms with Crippen molar-refractivity contribution in [3.63, 3.8) is 0 Å². The molecular weight excluding hydrogens is 248 g/mol. The summed E-state index contributed by atoms with van der Waals surface area (Å²) in [5.41, 5.74) is -0.186. The molecule has 5 heteroatoms.